The van der Waals surface area contributed by atoms with E-state index in [2.05, 4.69) is 15.9 Å². The SMILES string of the molecule is CN1c2cc(Br)ccc2C(=O)OC1O. The number of ether oxygens (including phenoxy) is 1. The van der Waals surface area contributed by atoms with E-state index >= 15 is 0 Å². The minimum absolute atomic E-state index is 0.459. The van der Waals surface area contributed by atoms with Crippen LogP contribution in [0.25, 0.3) is 0 Å². The number of halogens is 1. The zero-order chi connectivity index (χ0) is 10.3. The van der Waals surface area contributed by atoms with Crippen molar-refractivity contribution in [2.75, 3.05) is 11.9 Å². The molecule has 1 aromatic carbocycles. The molecular formula is C9H8BrNO3. The summed E-state index contributed by atoms with van der Waals surface area (Å²) >= 11 is 3.30. The molecule has 1 aromatic rings. The Hall–Kier alpha value is -1.07. The third-order valence-corrected chi connectivity index (χ3v) is 2.60. The summed E-state index contributed by atoms with van der Waals surface area (Å²) in [6, 6.07) is 5.18. The van der Waals surface area contributed by atoms with Crippen LogP contribution in [0.1, 0.15) is 10.4 Å². The average molecular weight is 258 g/mol. The second kappa shape index (κ2) is 3.25. The van der Waals surface area contributed by atoms with Gasteiger partial charge in [0.05, 0.1) is 11.3 Å². The number of benzene rings is 1. The molecule has 1 heterocycles. The Balaban J connectivity index is 2.56. The molecule has 0 spiro atoms. The Labute approximate surface area is 89.2 Å². The number of esters is 1. The maximum atomic E-state index is 11.3. The second-order valence-electron chi connectivity index (χ2n) is 3.00. The number of anilines is 1. The summed E-state index contributed by atoms with van der Waals surface area (Å²) in [4.78, 5) is 12.8. The predicted octanol–water partition coefficient (Wildman–Crippen LogP) is 1.33. The number of nitrogens with zero attached hydrogens (tertiary/aromatic N) is 1. The molecule has 0 saturated carbocycles. The van der Waals surface area contributed by atoms with Gasteiger partial charge in [-0.25, -0.2) is 4.79 Å². The molecule has 1 N–H and O–H groups in total. The first-order chi connectivity index (χ1) is 6.59. The number of carbonyl (C=O) groups is 1. The van der Waals surface area contributed by atoms with Gasteiger partial charge in [0.2, 0.25) is 0 Å². The van der Waals surface area contributed by atoms with Crippen LogP contribution in [0.15, 0.2) is 22.7 Å². The van der Waals surface area contributed by atoms with Crippen LogP contribution >= 0.6 is 15.9 Å². The van der Waals surface area contributed by atoms with Crippen LogP contribution in [0, 0.1) is 0 Å². The van der Waals surface area contributed by atoms with E-state index in [4.69, 9.17) is 4.74 Å². The highest BCUT2D eigenvalue weighted by Gasteiger charge is 2.28. The number of hydrogen-bond donors (Lipinski definition) is 1. The number of cyclic esters (lactones) is 1. The monoisotopic (exact) mass is 257 g/mol. The van der Waals surface area contributed by atoms with Crippen LogP contribution in [0.4, 0.5) is 5.69 Å². The molecule has 0 amide bonds. The predicted molar refractivity (Wildman–Crippen MR) is 54.0 cm³/mol. The lowest BCUT2D eigenvalue weighted by molar-refractivity contribution is -0.0669. The first-order valence-electron chi connectivity index (χ1n) is 4.01. The number of rotatable bonds is 0. The Bertz CT molecular complexity index is 394. The van der Waals surface area contributed by atoms with Crippen molar-refractivity contribution in [3.05, 3.63) is 28.2 Å². The van der Waals surface area contributed by atoms with E-state index in [-0.39, 0.29) is 0 Å². The summed E-state index contributed by atoms with van der Waals surface area (Å²) in [6.45, 7) is 0. The van der Waals surface area contributed by atoms with E-state index < -0.39 is 12.4 Å². The molecule has 0 saturated heterocycles. The quantitative estimate of drug-likeness (QED) is 0.713. The molecular weight excluding hydrogens is 250 g/mol. The fraction of sp³-hybridized carbons (Fsp3) is 0.222. The lowest BCUT2D eigenvalue weighted by atomic mass is 10.1. The fourth-order valence-corrected chi connectivity index (χ4v) is 1.68. The van der Waals surface area contributed by atoms with Gasteiger partial charge in [0.15, 0.2) is 0 Å². The van der Waals surface area contributed by atoms with Crippen molar-refractivity contribution in [1.29, 1.82) is 0 Å². The molecule has 0 aliphatic carbocycles. The zero-order valence-corrected chi connectivity index (χ0v) is 8.98. The number of fused-ring (bicyclic) bond motifs is 1. The third kappa shape index (κ3) is 1.38. The standard InChI is InChI=1S/C9H8BrNO3/c1-11-7-4-5(10)2-3-6(7)8(12)14-9(11)13/h2-4,9,13H,1H3. The topological polar surface area (TPSA) is 49.8 Å². The van der Waals surface area contributed by atoms with Gasteiger partial charge in [0.1, 0.15) is 0 Å². The van der Waals surface area contributed by atoms with Crippen molar-refractivity contribution in [2.24, 2.45) is 0 Å². The molecule has 1 aliphatic heterocycles. The smallest absolute Gasteiger partial charge is 0.343 e. The second-order valence-corrected chi connectivity index (χ2v) is 3.92. The van der Waals surface area contributed by atoms with Gasteiger partial charge in [-0.1, -0.05) is 15.9 Å². The van der Waals surface area contributed by atoms with Crippen molar-refractivity contribution < 1.29 is 14.6 Å². The average Bonchev–Trinajstić information content (AvgIpc) is 2.14. The van der Waals surface area contributed by atoms with Gasteiger partial charge in [-0.15, -0.1) is 0 Å². The molecule has 2 rings (SSSR count). The first-order valence-corrected chi connectivity index (χ1v) is 4.80. The summed E-state index contributed by atoms with van der Waals surface area (Å²) in [5.41, 5.74) is 1.11. The Morgan fingerprint density at radius 1 is 1.57 bits per heavy atom. The van der Waals surface area contributed by atoms with E-state index in [1.54, 1.807) is 25.2 Å². The van der Waals surface area contributed by atoms with Crippen molar-refractivity contribution in [3.63, 3.8) is 0 Å². The molecule has 0 aromatic heterocycles. The summed E-state index contributed by atoms with van der Waals surface area (Å²) in [5, 5.41) is 9.35. The molecule has 0 fully saturated rings. The third-order valence-electron chi connectivity index (χ3n) is 2.10. The van der Waals surface area contributed by atoms with E-state index in [1.165, 1.54) is 4.90 Å². The molecule has 0 radical (unpaired) electrons. The van der Waals surface area contributed by atoms with E-state index in [9.17, 15) is 9.90 Å². The highest BCUT2D eigenvalue weighted by Crippen LogP contribution is 2.29. The molecule has 1 atom stereocenters. The van der Waals surface area contributed by atoms with E-state index in [0.717, 1.165) is 4.47 Å². The Morgan fingerprint density at radius 2 is 2.29 bits per heavy atom. The van der Waals surface area contributed by atoms with Gasteiger partial charge in [-0.2, -0.15) is 0 Å². The Kier molecular flexibility index (Phi) is 2.20. The fourth-order valence-electron chi connectivity index (χ4n) is 1.33. The Morgan fingerprint density at radius 3 is 3.00 bits per heavy atom. The molecule has 5 heteroatoms. The molecule has 14 heavy (non-hydrogen) atoms. The maximum absolute atomic E-state index is 11.3. The molecule has 1 aliphatic rings. The summed E-state index contributed by atoms with van der Waals surface area (Å²) in [5.74, 6) is -0.502. The van der Waals surface area contributed by atoms with Crippen molar-refractivity contribution in [1.82, 2.24) is 0 Å². The largest absolute Gasteiger partial charge is 0.413 e. The van der Waals surface area contributed by atoms with Crippen LogP contribution in [-0.2, 0) is 4.74 Å². The van der Waals surface area contributed by atoms with Gasteiger partial charge in [0, 0.05) is 11.5 Å². The number of carbonyl (C=O) groups excluding carboxylic acids is 1. The van der Waals surface area contributed by atoms with Crippen molar-refractivity contribution in [2.45, 2.75) is 6.41 Å². The molecule has 4 nitrogen and oxygen atoms in total. The molecule has 1 unspecified atom stereocenters. The van der Waals surface area contributed by atoms with Crippen LogP contribution in [-0.4, -0.2) is 24.5 Å². The van der Waals surface area contributed by atoms with Crippen LogP contribution < -0.4 is 4.90 Å². The minimum Gasteiger partial charge on any atom is -0.413 e. The van der Waals surface area contributed by atoms with Crippen LogP contribution in [0.3, 0.4) is 0 Å². The van der Waals surface area contributed by atoms with Gasteiger partial charge in [-0.05, 0) is 18.2 Å². The van der Waals surface area contributed by atoms with Crippen molar-refractivity contribution >= 4 is 27.6 Å². The number of hydrogen-bond acceptors (Lipinski definition) is 4. The lowest BCUT2D eigenvalue weighted by Crippen LogP contribution is -2.40. The van der Waals surface area contributed by atoms with E-state index in [1.807, 2.05) is 0 Å². The van der Waals surface area contributed by atoms with Gasteiger partial charge >= 0.3 is 5.97 Å². The summed E-state index contributed by atoms with van der Waals surface area (Å²) < 4.78 is 5.54. The zero-order valence-electron chi connectivity index (χ0n) is 7.40. The van der Waals surface area contributed by atoms with Crippen molar-refractivity contribution in [3.8, 4) is 0 Å². The summed E-state index contributed by atoms with van der Waals surface area (Å²) in [7, 11) is 1.66. The highest BCUT2D eigenvalue weighted by molar-refractivity contribution is 9.10. The molecule has 74 valence electrons. The van der Waals surface area contributed by atoms with E-state index in [0.29, 0.717) is 11.3 Å². The number of aliphatic hydroxyl groups is 1. The maximum Gasteiger partial charge on any atom is 0.343 e. The molecule has 0 bridgehead atoms. The summed E-state index contributed by atoms with van der Waals surface area (Å²) in [6.07, 6.45) is -1.20. The minimum atomic E-state index is -1.20. The first kappa shape index (κ1) is 9.48. The highest BCUT2D eigenvalue weighted by atomic mass is 79.9. The lowest BCUT2D eigenvalue weighted by Gasteiger charge is -2.31. The van der Waals surface area contributed by atoms with Gasteiger partial charge < -0.3 is 14.7 Å². The van der Waals surface area contributed by atoms with Gasteiger partial charge in [-0.3, -0.25) is 0 Å². The van der Waals surface area contributed by atoms with Crippen LogP contribution in [0.2, 0.25) is 0 Å². The van der Waals surface area contributed by atoms with Crippen LogP contribution in [0.5, 0.6) is 0 Å². The normalized spacial score (nSPS) is 20.4. The van der Waals surface area contributed by atoms with Gasteiger partial charge in [0.25, 0.3) is 6.41 Å². The number of aliphatic hydroxyl groups excluding tert-OH is 1.